The van der Waals surface area contributed by atoms with Gasteiger partial charge in [-0.2, -0.15) is 0 Å². The van der Waals surface area contributed by atoms with Crippen LogP contribution in [0.3, 0.4) is 0 Å². The fourth-order valence-corrected chi connectivity index (χ4v) is 3.74. The third-order valence-corrected chi connectivity index (χ3v) is 5.28. The van der Waals surface area contributed by atoms with Gasteiger partial charge in [0.25, 0.3) is 5.91 Å². The Morgan fingerprint density at radius 1 is 1.00 bits per heavy atom. The molecule has 6 heteroatoms. The van der Waals surface area contributed by atoms with Crippen LogP contribution in [0, 0.1) is 0 Å². The van der Waals surface area contributed by atoms with Gasteiger partial charge in [-0.1, -0.05) is 0 Å². The highest BCUT2D eigenvalue weighted by atomic mass is 16.5. The molecule has 1 aromatic heterocycles. The number of benzene rings is 2. The number of hydrogen-bond donors (Lipinski definition) is 2. The SMILES string of the molecule is COc1cc2[nH]cc(C(=O)Nc3ccc(N4CCCCC4)cc3)c2cc1OC. The Kier molecular flexibility index (Phi) is 5.10. The zero-order chi connectivity index (χ0) is 19.5. The Labute approximate surface area is 164 Å². The predicted octanol–water partition coefficient (Wildman–Crippen LogP) is 4.43. The molecule has 0 radical (unpaired) electrons. The molecule has 2 aromatic carbocycles. The molecule has 4 rings (SSSR count). The van der Waals surface area contributed by atoms with E-state index >= 15 is 0 Å². The van der Waals surface area contributed by atoms with Gasteiger partial charge in [-0.05, 0) is 49.6 Å². The second-order valence-corrected chi connectivity index (χ2v) is 7.00. The lowest BCUT2D eigenvalue weighted by molar-refractivity contribution is 0.102. The van der Waals surface area contributed by atoms with Gasteiger partial charge < -0.3 is 24.7 Å². The lowest BCUT2D eigenvalue weighted by atomic mass is 10.1. The highest BCUT2D eigenvalue weighted by Gasteiger charge is 2.16. The van der Waals surface area contributed by atoms with Crippen LogP contribution in [0.25, 0.3) is 10.9 Å². The van der Waals surface area contributed by atoms with Gasteiger partial charge >= 0.3 is 0 Å². The van der Waals surface area contributed by atoms with Crippen molar-refractivity contribution in [3.05, 3.63) is 48.2 Å². The third kappa shape index (κ3) is 3.50. The molecule has 1 amide bonds. The van der Waals surface area contributed by atoms with Gasteiger partial charge in [0.1, 0.15) is 0 Å². The number of carbonyl (C=O) groups is 1. The van der Waals surface area contributed by atoms with Crippen LogP contribution < -0.4 is 19.7 Å². The summed E-state index contributed by atoms with van der Waals surface area (Å²) in [5.41, 5.74) is 3.38. The maximum Gasteiger partial charge on any atom is 0.257 e. The standard InChI is InChI=1S/C22H25N3O3/c1-27-20-12-17-18(14-23-19(17)13-21(20)28-2)22(26)24-15-6-8-16(9-7-15)25-10-4-3-5-11-25/h6-9,12-14,23H,3-5,10-11H2,1-2H3,(H,24,26). The molecule has 0 spiro atoms. The fraction of sp³-hybridized carbons (Fsp3) is 0.318. The number of nitrogens with one attached hydrogen (secondary N) is 2. The first-order valence-corrected chi connectivity index (χ1v) is 9.59. The van der Waals surface area contributed by atoms with E-state index in [0.717, 1.165) is 29.7 Å². The number of fused-ring (bicyclic) bond motifs is 1. The first-order valence-electron chi connectivity index (χ1n) is 9.59. The van der Waals surface area contributed by atoms with Crippen molar-refractivity contribution in [2.75, 3.05) is 37.5 Å². The van der Waals surface area contributed by atoms with E-state index in [9.17, 15) is 4.79 Å². The third-order valence-electron chi connectivity index (χ3n) is 5.28. The maximum absolute atomic E-state index is 12.8. The highest BCUT2D eigenvalue weighted by molar-refractivity contribution is 6.13. The summed E-state index contributed by atoms with van der Waals surface area (Å²) in [6, 6.07) is 11.7. The molecule has 0 saturated carbocycles. The molecule has 0 aliphatic carbocycles. The summed E-state index contributed by atoms with van der Waals surface area (Å²) in [6.45, 7) is 2.21. The molecule has 0 bridgehead atoms. The van der Waals surface area contributed by atoms with Gasteiger partial charge in [0, 0.05) is 42.1 Å². The first kappa shape index (κ1) is 18.2. The van der Waals surface area contributed by atoms with Crippen molar-refractivity contribution < 1.29 is 14.3 Å². The minimum atomic E-state index is -0.163. The molecule has 6 nitrogen and oxygen atoms in total. The molecule has 1 aliphatic heterocycles. The summed E-state index contributed by atoms with van der Waals surface area (Å²) < 4.78 is 10.7. The number of aromatic nitrogens is 1. The van der Waals surface area contributed by atoms with Crippen LogP contribution in [0.5, 0.6) is 11.5 Å². The molecule has 1 aliphatic rings. The van der Waals surface area contributed by atoms with E-state index in [2.05, 4.69) is 27.3 Å². The van der Waals surface area contributed by atoms with E-state index in [4.69, 9.17) is 9.47 Å². The molecule has 2 heterocycles. The lowest BCUT2D eigenvalue weighted by Crippen LogP contribution is -2.29. The van der Waals surface area contributed by atoms with Crippen LogP contribution in [0.2, 0.25) is 0 Å². The summed E-state index contributed by atoms with van der Waals surface area (Å²) in [6.07, 6.45) is 5.51. The van der Waals surface area contributed by atoms with E-state index in [-0.39, 0.29) is 5.91 Å². The number of aromatic amines is 1. The first-order chi connectivity index (χ1) is 13.7. The van der Waals surface area contributed by atoms with Gasteiger partial charge in [-0.15, -0.1) is 0 Å². The molecule has 146 valence electrons. The molecular weight excluding hydrogens is 354 g/mol. The number of H-pyrrole nitrogens is 1. The Balaban J connectivity index is 1.53. The normalized spacial score (nSPS) is 14.1. The summed E-state index contributed by atoms with van der Waals surface area (Å²) in [4.78, 5) is 18.3. The topological polar surface area (TPSA) is 66.6 Å². The molecule has 0 atom stereocenters. The number of hydrogen-bond acceptors (Lipinski definition) is 4. The Bertz CT molecular complexity index is 973. The van der Waals surface area contributed by atoms with Crippen LogP contribution in [0.1, 0.15) is 29.6 Å². The Hall–Kier alpha value is -3.15. The molecule has 2 N–H and O–H groups in total. The molecule has 1 fully saturated rings. The predicted molar refractivity (Wildman–Crippen MR) is 112 cm³/mol. The summed E-state index contributed by atoms with van der Waals surface area (Å²) in [7, 11) is 3.17. The number of anilines is 2. The van der Waals surface area contributed by atoms with Crippen molar-refractivity contribution in [2.24, 2.45) is 0 Å². The maximum atomic E-state index is 12.8. The van der Waals surface area contributed by atoms with Gasteiger partial charge in [0.15, 0.2) is 11.5 Å². The van der Waals surface area contributed by atoms with E-state index in [1.54, 1.807) is 20.4 Å². The van der Waals surface area contributed by atoms with Crippen LogP contribution in [-0.4, -0.2) is 38.2 Å². The molecule has 1 saturated heterocycles. The number of piperidine rings is 1. The van der Waals surface area contributed by atoms with Gasteiger partial charge in [-0.3, -0.25) is 4.79 Å². The zero-order valence-electron chi connectivity index (χ0n) is 16.2. The number of methoxy groups -OCH3 is 2. The fourth-order valence-electron chi connectivity index (χ4n) is 3.74. The summed E-state index contributed by atoms with van der Waals surface area (Å²) in [5, 5.41) is 3.77. The van der Waals surface area contributed by atoms with Crippen molar-refractivity contribution in [1.29, 1.82) is 0 Å². The quantitative estimate of drug-likeness (QED) is 0.688. The summed E-state index contributed by atoms with van der Waals surface area (Å²) in [5.74, 6) is 1.05. The van der Waals surface area contributed by atoms with Crippen LogP contribution in [-0.2, 0) is 0 Å². The molecule has 3 aromatic rings. The minimum Gasteiger partial charge on any atom is -0.493 e. The monoisotopic (exact) mass is 379 g/mol. The van der Waals surface area contributed by atoms with Gasteiger partial charge in [0.2, 0.25) is 0 Å². The van der Waals surface area contributed by atoms with Crippen LogP contribution >= 0.6 is 0 Å². The highest BCUT2D eigenvalue weighted by Crippen LogP contribution is 2.33. The van der Waals surface area contributed by atoms with Crippen molar-refractivity contribution in [3.8, 4) is 11.5 Å². The Morgan fingerprint density at radius 2 is 1.68 bits per heavy atom. The van der Waals surface area contributed by atoms with Gasteiger partial charge in [-0.25, -0.2) is 0 Å². The molecule has 0 unspecified atom stereocenters. The largest absolute Gasteiger partial charge is 0.493 e. The van der Waals surface area contributed by atoms with Crippen molar-refractivity contribution in [3.63, 3.8) is 0 Å². The summed E-state index contributed by atoms with van der Waals surface area (Å²) >= 11 is 0. The van der Waals surface area contributed by atoms with E-state index in [1.165, 1.54) is 24.9 Å². The number of carbonyl (C=O) groups excluding carboxylic acids is 1. The number of ether oxygens (including phenoxy) is 2. The van der Waals surface area contributed by atoms with E-state index in [0.29, 0.717) is 17.1 Å². The minimum absolute atomic E-state index is 0.163. The second kappa shape index (κ2) is 7.84. The number of rotatable bonds is 5. The van der Waals surface area contributed by atoms with Crippen molar-refractivity contribution in [1.82, 2.24) is 4.98 Å². The zero-order valence-corrected chi connectivity index (χ0v) is 16.2. The second-order valence-electron chi connectivity index (χ2n) is 7.00. The Morgan fingerprint density at radius 3 is 2.36 bits per heavy atom. The average molecular weight is 379 g/mol. The van der Waals surface area contributed by atoms with Crippen LogP contribution in [0.4, 0.5) is 11.4 Å². The van der Waals surface area contributed by atoms with Crippen LogP contribution in [0.15, 0.2) is 42.6 Å². The van der Waals surface area contributed by atoms with E-state index < -0.39 is 0 Å². The van der Waals surface area contributed by atoms with Crippen molar-refractivity contribution >= 4 is 28.2 Å². The number of nitrogens with zero attached hydrogens (tertiary/aromatic N) is 1. The molecule has 28 heavy (non-hydrogen) atoms. The average Bonchev–Trinajstić information content (AvgIpc) is 3.16. The van der Waals surface area contributed by atoms with E-state index in [1.807, 2.05) is 24.3 Å². The number of amides is 1. The van der Waals surface area contributed by atoms with Gasteiger partial charge in [0.05, 0.1) is 25.3 Å². The lowest BCUT2D eigenvalue weighted by Gasteiger charge is -2.28. The molecular formula is C22H25N3O3. The van der Waals surface area contributed by atoms with Crippen molar-refractivity contribution in [2.45, 2.75) is 19.3 Å². The smallest absolute Gasteiger partial charge is 0.257 e.